The Morgan fingerprint density at radius 1 is 1.07 bits per heavy atom. The first-order chi connectivity index (χ1) is 14.1. The molecular weight excluding hydrogens is 370 g/mol. The number of nitrogens with zero attached hydrogens (tertiary/aromatic N) is 5. The van der Waals surface area contributed by atoms with Gasteiger partial charge in [-0.05, 0) is 18.1 Å². The Morgan fingerprint density at radius 2 is 1.90 bits per heavy atom. The second-order valence-corrected chi connectivity index (χ2v) is 7.47. The topological polar surface area (TPSA) is 78.8 Å². The molecule has 0 spiro atoms. The first-order valence-corrected chi connectivity index (χ1v) is 9.99. The van der Waals surface area contributed by atoms with Gasteiger partial charge in [0.25, 0.3) is 0 Å². The summed E-state index contributed by atoms with van der Waals surface area (Å²) in [4.78, 5) is 43.4. The number of amides is 3. The normalized spacial score (nSPS) is 19.9. The molecule has 1 aromatic carbocycles. The first kappa shape index (κ1) is 19.2. The molecule has 1 aromatic heterocycles. The maximum Gasteiger partial charge on any atom is 0.246 e. The van der Waals surface area contributed by atoms with Gasteiger partial charge in [0.2, 0.25) is 17.7 Å². The van der Waals surface area contributed by atoms with E-state index in [2.05, 4.69) is 5.10 Å². The Bertz CT molecular complexity index is 868. The molecule has 152 valence electrons. The summed E-state index contributed by atoms with van der Waals surface area (Å²) in [6.07, 6.45) is 4.35. The van der Waals surface area contributed by atoms with Gasteiger partial charge in [-0.25, -0.2) is 0 Å². The van der Waals surface area contributed by atoms with E-state index in [9.17, 15) is 14.4 Å². The van der Waals surface area contributed by atoms with Gasteiger partial charge in [0.15, 0.2) is 0 Å². The third-order valence-electron chi connectivity index (χ3n) is 5.59. The molecule has 0 radical (unpaired) electrons. The molecule has 2 aliphatic rings. The smallest absolute Gasteiger partial charge is 0.246 e. The van der Waals surface area contributed by atoms with Crippen LogP contribution >= 0.6 is 0 Å². The van der Waals surface area contributed by atoms with Crippen molar-refractivity contribution in [3.05, 3.63) is 54.4 Å². The molecule has 2 saturated heterocycles. The van der Waals surface area contributed by atoms with Gasteiger partial charge in [-0.1, -0.05) is 30.3 Å². The average Bonchev–Trinajstić information content (AvgIpc) is 3.15. The lowest BCUT2D eigenvalue weighted by Gasteiger charge is -2.39. The van der Waals surface area contributed by atoms with Crippen molar-refractivity contribution in [3.63, 3.8) is 0 Å². The highest BCUT2D eigenvalue weighted by Gasteiger charge is 2.40. The number of fused-ring (bicyclic) bond motifs is 1. The Kier molecular flexibility index (Phi) is 5.59. The van der Waals surface area contributed by atoms with Gasteiger partial charge in [-0.2, -0.15) is 5.10 Å². The predicted molar refractivity (Wildman–Crippen MR) is 105 cm³/mol. The van der Waals surface area contributed by atoms with Crippen LogP contribution in [0.25, 0.3) is 0 Å². The molecular formula is C21H25N5O3. The van der Waals surface area contributed by atoms with Crippen LogP contribution in [0.5, 0.6) is 0 Å². The van der Waals surface area contributed by atoms with E-state index in [1.54, 1.807) is 25.6 Å². The molecule has 4 rings (SSSR count). The number of piperazine rings is 1. The van der Waals surface area contributed by atoms with Crippen LogP contribution in [0, 0.1) is 0 Å². The number of aromatic nitrogens is 2. The highest BCUT2D eigenvalue weighted by Crippen LogP contribution is 2.21. The minimum absolute atomic E-state index is 0.0284. The predicted octanol–water partition coefficient (Wildman–Crippen LogP) is 0.745. The van der Waals surface area contributed by atoms with Crippen molar-refractivity contribution in [1.29, 1.82) is 0 Å². The lowest BCUT2D eigenvalue weighted by atomic mass is 10.1. The van der Waals surface area contributed by atoms with Gasteiger partial charge in [-0.3, -0.25) is 19.1 Å². The fourth-order valence-electron chi connectivity index (χ4n) is 4.02. The van der Waals surface area contributed by atoms with Crippen molar-refractivity contribution in [2.24, 2.45) is 0 Å². The van der Waals surface area contributed by atoms with Crippen molar-refractivity contribution < 1.29 is 14.4 Å². The van der Waals surface area contributed by atoms with E-state index in [4.69, 9.17) is 0 Å². The second-order valence-electron chi connectivity index (χ2n) is 7.47. The van der Waals surface area contributed by atoms with Gasteiger partial charge in [0.05, 0.1) is 0 Å². The minimum atomic E-state index is -0.483. The largest absolute Gasteiger partial charge is 0.341 e. The molecule has 1 atom stereocenters. The number of carbonyl (C=O) groups is 3. The van der Waals surface area contributed by atoms with E-state index < -0.39 is 6.04 Å². The van der Waals surface area contributed by atoms with Crippen LogP contribution in [-0.2, 0) is 27.5 Å². The van der Waals surface area contributed by atoms with Crippen LogP contribution in [0.15, 0.2) is 48.8 Å². The second kappa shape index (κ2) is 8.46. The van der Waals surface area contributed by atoms with Crippen LogP contribution in [0.4, 0.5) is 0 Å². The lowest BCUT2D eigenvalue weighted by Crippen LogP contribution is -2.59. The van der Waals surface area contributed by atoms with Crippen molar-refractivity contribution in [2.45, 2.75) is 32.0 Å². The Balaban J connectivity index is 1.38. The molecule has 3 heterocycles. The molecule has 0 bridgehead atoms. The van der Waals surface area contributed by atoms with Gasteiger partial charge in [-0.15, -0.1) is 0 Å². The number of rotatable bonds is 5. The number of aryl methyl sites for hydroxylation is 1. The third kappa shape index (κ3) is 4.31. The molecule has 3 amide bonds. The van der Waals surface area contributed by atoms with Crippen LogP contribution in [0.2, 0.25) is 0 Å². The SMILES string of the molecule is O=C(CCn1cccn1)N1CCC2C(=O)N(Cc3ccccc3)CC(=O)N2CC1. The van der Waals surface area contributed by atoms with Crippen LogP contribution in [-0.4, -0.2) is 74.4 Å². The number of carbonyl (C=O) groups excluding carboxylic acids is 3. The van der Waals surface area contributed by atoms with Crippen molar-refractivity contribution >= 4 is 17.7 Å². The molecule has 0 aliphatic carbocycles. The highest BCUT2D eigenvalue weighted by molar-refractivity contribution is 5.95. The number of hydrogen-bond acceptors (Lipinski definition) is 4. The zero-order valence-corrected chi connectivity index (χ0v) is 16.3. The Hall–Kier alpha value is -3.16. The summed E-state index contributed by atoms with van der Waals surface area (Å²) >= 11 is 0. The summed E-state index contributed by atoms with van der Waals surface area (Å²) in [5.74, 6) is -0.0444. The summed E-state index contributed by atoms with van der Waals surface area (Å²) in [5, 5.41) is 4.12. The third-order valence-corrected chi connectivity index (χ3v) is 5.59. The van der Waals surface area contributed by atoms with E-state index in [-0.39, 0.29) is 24.3 Å². The van der Waals surface area contributed by atoms with Crippen LogP contribution in [0.3, 0.4) is 0 Å². The van der Waals surface area contributed by atoms with E-state index in [0.29, 0.717) is 45.6 Å². The average molecular weight is 395 g/mol. The van der Waals surface area contributed by atoms with Gasteiger partial charge < -0.3 is 14.7 Å². The fourth-order valence-corrected chi connectivity index (χ4v) is 4.02. The molecule has 0 saturated carbocycles. The molecule has 29 heavy (non-hydrogen) atoms. The molecule has 8 nitrogen and oxygen atoms in total. The maximum atomic E-state index is 13.0. The first-order valence-electron chi connectivity index (χ1n) is 9.99. The quantitative estimate of drug-likeness (QED) is 0.748. The lowest BCUT2D eigenvalue weighted by molar-refractivity contribution is -0.156. The molecule has 2 aromatic rings. The molecule has 2 fully saturated rings. The standard InChI is InChI=1S/C21H25N5O3/c27-19(8-12-25-10-4-9-22-25)23-11-7-18-21(29)24(15-17-5-2-1-3-6-17)16-20(28)26(18)14-13-23/h1-6,9-10,18H,7-8,11-16H2. The summed E-state index contributed by atoms with van der Waals surface area (Å²) in [7, 11) is 0. The molecule has 0 N–H and O–H groups in total. The fraction of sp³-hybridized carbons (Fsp3) is 0.429. The van der Waals surface area contributed by atoms with Gasteiger partial charge in [0.1, 0.15) is 12.6 Å². The van der Waals surface area contributed by atoms with E-state index in [1.807, 2.05) is 42.6 Å². The van der Waals surface area contributed by atoms with E-state index >= 15 is 0 Å². The molecule has 8 heteroatoms. The highest BCUT2D eigenvalue weighted by atomic mass is 16.2. The van der Waals surface area contributed by atoms with Gasteiger partial charge >= 0.3 is 0 Å². The summed E-state index contributed by atoms with van der Waals surface area (Å²) in [5.41, 5.74) is 1.01. The van der Waals surface area contributed by atoms with Crippen molar-refractivity contribution in [3.8, 4) is 0 Å². The van der Waals surface area contributed by atoms with Crippen LogP contribution in [0.1, 0.15) is 18.4 Å². The monoisotopic (exact) mass is 395 g/mol. The molecule has 2 aliphatic heterocycles. The van der Waals surface area contributed by atoms with Crippen LogP contribution < -0.4 is 0 Å². The summed E-state index contributed by atoms with van der Waals surface area (Å²) < 4.78 is 1.73. The Morgan fingerprint density at radius 3 is 2.66 bits per heavy atom. The van der Waals surface area contributed by atoms with Gasteiger partial charge in [0, 0.05) is 51.5 Å². The zero-order chi connectivity index (χ0) is 20.2. The maximum absolute atomic E-state index is 13.0. The summed E-state index contributed by atoms with van der Waals surface area (Å²) in [6.45, 7) is 2.41. The number of benzene rings is 1. The minimum Gasteiger partial charge on any atom is -0.341 e. The number of hydrogen-bond donors (Lipinski definition) is 0. The zero-order valence-electron chi connectivity index (χ0n) is 16.3. The Labute approximate surface area is 169 Å². The van der Waals surface area contributed by atoms with E-state index in [1.165, 1.54) is 0 Å². The van der Waals surface area contributed by atoms with Crippen molar-refractivity contribution in [1.82, 2.24) is 24.5 Å². The summed E-state index contributed by atoms with van der Waals surface area (Å²) in [6, 6.07) is 11.0. The van der Waals surface area contributed by atoms with Crippen molar-refractivity contribution in [2.75, 3.05) is 26.2 Å². The van der Waals surface area contributed by atoms with E-state index in [0.717, 1.165) is 5.56 Å². The molecule has 1 unspecified atom stereocenters.